The van der Waals surface area contributed by atoms with Gasteiger partial charge in [-0.25, -0.2) is 0 Å². The minimum absolute atomic E-state index is 0.453. The van der Waals surface area contributed by atoms with Crippen molar-refractivity contribution in [3.05, 3.63) is 193 Å². The molecule has 0 spiro atoms. The lowest BCUT2D eigenvalue weighted by Gasteiger charge is -2.11. The van der Waals surface area contributed by atoms with Crippen LogP contribution in [0.2, 0.25) is 0 Å². The van der Waals surface area contributed by atoms with E-state index >= 15 is 0 Å². The topological polar surface area (TPSA) is 57.4 Å². The third kappa shape index (κ3) is 4.90. The molecule has 0 atom stereocenters. The van der Waals surface area contributed by atoms with Crippen molar-refractivity contribution in [2.75, 3.05) is 0 Å². The molecular weight excluding hydrogens is 657 g/mol. The maximum atomic E-state index is 10.3. The molecule has 0 saturated carbocycles. The molecule has 0 N–H and O–H groups in total. The Bertz CT molecular complexity index is 3160. The smallest absolute Gasteiger partial charge is 0.101 e. The summed E-state index contributed by atoms with van der Waals surface area (Å²) in [5.41, 5.74) is 13.9. The number of benzene rings is 8. The second kappa shape index (κ2) is 12.5. The maximum absolute atomic E-state index is 10.3. The fourth-order valence-corrected chi connectivity index (χ4v) is 8.12. The molecule has 0 amide bonds. The van der Waals surface area contributed by atoms with Crippen LogP contribution < -0.4 is 0 Å². The zero-order valence-corrected chi connectivity index (χ0v) is 29.1. The van der Waals surface area contributed by atoms with Crippen LogP contribution in [-0.4, -0.2) is 9.13 Å². The van der Waals surface area contributed by atoms with Crippen LogP contribution in [0.1, 0.15) is 11.1 Å². The van der Waals surface area contributed by atoms with Crippen molar-refractivity contribution in [2.45, 2.75) is 0 Å². The zero-order valence-electron chi connectivity index (χ0n) is 29.1. The summed E-state index contributed by atoms with van der Waals surface area (Å²) in [6.45, 7) is 0. The van der Waals surface area contributed by atoms with E-state index in [4.69, 9.17) is 0 Å². The molecule has 0 saturated heterocycles. The van der Waals surface area contributed by atoms with Gasteiger partial charge in [0.1, 0.15) is 6.07 Å². The predicted octanol–water partition coefficient (Wildman–Crippen LogP) is 12.6. The second-order valence-corrected chi connectivity index (χ2v) is 13.6. The minimum atomic E-state index is 0.453. The lowest BCUT2D eigenvalue weighted by atomic mass is 9.96. The summed E-state index contributed by atoms with van der Waals surface area (Å²) < 4.78 is 4.54. The van der Waals surface area contributed by atoms with E-state index in [9.17, 15) is 10.5 Å². The molecule has 250 valence electrons. The Labute approximate surface area is 312 Å². The van der Waals surface area contributed by atoms with Crippen LogP contribution in [0, 0.1) is 22.7 Å². The highest BCUT2D eigenvalue weighted by Gasteiger charge is 2.21. The lowest BCUT2D eigenvalue weighted by Crippen LogP contribution is -1.98. The summed E-state index contributed by atoms with van der Waals surface area (Å²) in [7, 11) is 0. The van der Waals surface area contributed by atoms with Crippen LogP contribution in [-0.2, 0) is 0 Å². The van der Waals surface area contributed by atoms with Crippen LogP contribution >= 0.6 is 0 Å². The number of rotatable bonds is 5. The molecule has 0 unspecified atom stereocenters. The van der Waals surface area contributed by atoms with E-state index in [1.807, 2.05) is 12.1 Å². The van der Waals surface area contributed by atoms with E-state index in [0.29, 0.717) is 11.1 Å². The molecule has 4 heteroatoms. The number of hydrogen-bond acceptors (Lipinski definition) is 2. The van der Waals surface area contributed by atoms with E-state index in [-0.39, 0.29) is 0 Å². The number of aromatic nitrogens is 2. The van der Waals surface area contributed by atoms with Crippen LogP contribution in [0.4, 0.5) is 0 Å². The summed E-state index contributed by atoms with van der Waals surface area (Å²) in [5.74, 6) is 0. The van der Waals surface area contributed by atoms with Crippen LogP contribution in [0.25, 0.3) is 88.4 Å². The maximum Gasteiger partial charge on any atom is 0.101 e. The summed E-state index contributed by atoms with van der Waals surface area (Å²) >= 11 is 0. The zero-order chi connectivity index (χ0) is 36.2. The third-order valence-electron chi connectivity index (χ3n) is 10.6. The van der Waals surface area contributed by atoms with E-state index in [0.717, 1.165) is 66.5 Å². The quantitative estimate of drug-likeness (QED) is 0.181. The predicted molar refractivity (Wildman–Crippen MR) is 221 cm³/mol. The van der Waals surface area contributed by atoms with Gasteiger partial charge in [-0.2, -0.15) is 10.5 Å². The molecule has 0 radical (unpaired) electrons. The highest BCUT2D eigenvalue weighted by molar-refractivity contribution is 6.18. The van der Waals surface area contributed by atoms with Crippen molar-refractivity contribution in [3.63, 3.8) is 0 Å². The average molecular weight is 687 g/mol. The largest absolute Gasteiger partial charge is 0.309 e. The van der Waals surface area contributed by atoms with Gasteiger partial charge in [0.05, 0.1) is 45.0 Å². The fraction of sp³-hybridized carbons (Fsp3) is 0. The molecule has 0 aliphatic carbocycles. The first kappa shape index (κ1) is 31.1. The number of hydrogen-bond donors (Lipinski definition) is 0. The van der Waals surface area contributed by atoms with Crippen molar-refractivity contribution >= 4 is 43.6 Å². The van der Waals surface area contributed by atoms with Gasteiger partial charge in [0, 0.05) is 27.2 Å². The summed E-state index contributed by atoms with van der Waals surface area (Å²) in [6.07, 6.45) is 0. The molecule has 10 aromatic rings. The molecule has 10 rings (SSSR count). The lowest BCUT2D eigenvalue weighted by molar-refractivity contribution is 1.16. The molecular formula is C50H30N4. The van der Waals surface area contributed by atoms with Crippen molar-refractivity contribution < 1.29 is 0 Å². The van der Waals surface area contributed by atoms with Crippen LogP contribution in [0.3, 0.4) is 0 Å². The number of nitriles is 2. The molecule has 0 bridgehead atoms. The Balaban J connectivity index is 1.27. The monoisotopic (exact) mass is 686 g/mol. The first-order chi connectivity index (χ1) is 26.7. The molecule has 4 nitrogen and oxygen atoms in total. The molecule has 8 aromatic carbocycles. The molecule has 0 aliphatic heterocycles. The van der Waals surface area contributed by atoms with E-state index in [1.165, 1.54) is 21.9 Å². The summed E-state index contributed by atoms with van der Waals surface area (Å²) in [6, 6.07) is 68.1. The van der Waals surface area contributed by atoms with Crippen LogP contribution in [0.15, 0.2) is 182 Å². The van der Waals surface area contributed by atoms with Crippen molar-refractivity contribution in [1.29, 1.82) is 10.5 Å². The van der Waals surface area contributed by atoms with Gasteiger partial charge in [-0.05, 0) is 100 Å². The van der Waals surface area contributed by atoms with Crippen molar-refractivity contribution in [3.8, 4) is 56.9 Å². The Kier molecular flexibility index (Phi) is 7.22. The average Bonchev–Trinajstić information content (AvgIpc) is 3.76. The number of para-hydroxylation sites is 1. The van der Waals surface area contributed by atoms with E-state index < -0.39 is 0 Å². The van der Waals surface area contributed by atoms with Crippen molar-refractivity contribution in [1.82, 2.24) is 9.13 Å². The van der Waals surface area contributed by atoms with Gasteiger partial charge in [0.15, 0.2) is 0 Å². The third-order valence-corrected chi connectivity index (χ3v) is 10.6. The minimum Gasteiger partial charge on any atom is -0.309 e. The molecule has 54 heavy (non-hydrogen) atoms. The van der Waals surface area contributed by atoms with Gasteiger partial charge in [0.25, 0.3) is 0 Å². The van der Waals surface area contributed by atoms with Crippen molar-refractivity contribution in [2.24, 2.45) is 0 Å². The molecule has 2 heterocycles. The van der Waals surface area contributed by atoms with Gasteiger partial charge < -0.3 is 9.13 Å². The first-order valence-corrected chi connectivity index (χ1v) is 18.0. The van der Waals surface area contributed by atoms with Gasteiger partial charge in [-0.3, -0.25) is 0 Å². The molecule has 0 aliphatic rings. The number of nitrogens with zero attached hydrogens (tertiary/aromatic N) is 4. The standard InChI is InChI=1S/C50H30N4/c51-31-33-19-24-45(39(27-33)32-52)54-47-26-22-37(35-13-6-2-7-14-35)29-44(47)50-41(17-10-18-48(50)54)38-20-23-42-43-28-36(34-11-4-1-5-12-34)21-25-46(43)53(49(42)30-38)40-15-8-3-9-16-40/h1-30H. The van der Waals surface area contributed by atoms with Gasteiger partial charge in [-0.15, -0.1) is 0 Å². The molecule has 0 fully saturated rings. The number of fused-ring (bicyclic) bond motifs is 6. The fourth-order valence-electron chi connectivity index (χ4n) is 8.12. The normalized spacial score (nSPS) is 11.3. The highest BCUT2D eigenvalue weighted by atomic mass is 15.0. The molecule has 2 aromatic heterocycles. The summed E-state index contributed by atoms with van der Waals surface area (Å²) in [5, 5.41) is 24.5. The Hall–Kier alpha value is -7.66. The second-order valence-electron chi connectivity index (χ2n) is 13.6. The SMILES string of the molecule is N#Cc1ccc(-n2c3ccc(-c4ccccc4)cc3c3c(-c4ccc5c6cc(-c7ccccc7)ccc6n(-c6ccccc6)c5c4)cccc32)c(C#N)c1. The van der Waals surface area contributed by atoms with E-state index in [1.54, 1.807) is 12.1 Å². The Morgan fingerprint density at radius 3 is 1.67 bits per heavy atom. The first-order valence-electron chi connectivity index (χ1n) is 18.0. The summed E-state index contributed by atoms with van der Waals surface area (Å²) in [4.78, 5) is 0. The van der Waals surface area contributed by atoms with Gasteiger partial charge in [0.2, 0.25) is 0 Å². The van der Waals surface area contributed by atoms with Crippen LogP contribution in [0.5, 0.6) is 0 Å². The van der Waals surface area contributed by atoms with Gasteiger partial charge >= 0.3 is 0 Å². The highest BCUT2D eigenvalue weighted by Crippen LogP contribution is 2.43. The Morgan fingerprint density at radius 1 is 0.370 bits per heavy atom. The van der Waals surface area contributed by atoms with E-state index in [2.05, 4.69) is 179 Å². The van der Waals surface area contributed by atoms with Gasteiger partial charge in [-0.1, -0.05) is 115 Å². The Morgan fingerprint density at radius 2 is 1.00 bits per heavy atom.